The standard InChI is InChI=1S/C23H27N5O2/c1-26-14-17(13-24)20(15-27-2)21(25)23(29)22(16-8-5-4-6-9-16)28-18-10-7-11-19(12-18)30-3/h4-15,17,20,22,24-25,28H,1-3H3. The molecule has 0 radical (unpaired) electrons. The highest BCUT2D eigenvalue weighted by molar-refractivity contribution is 6.44. The summed E-state index contributed by atoms with van der Waals surface area (Å²) in [4.78, 5) is 21.4. The van der Waals surface area contributed by atoms with Crippen molar-refractivity contribution >= 4 is 35.8 Å². The number of Topliss-reactive ketones (excluding diaryl/α,β-unsaturated/α-hetero) is 1. The van der Waals surface area contributed by atoms with Gasteiger partial charge in [0.05, 0.1) is 18.7 Å². The molecule has 2 aromatic carbocycles. The third-order valence-corrected chi connectivity index (χ3v) is 4.61. The highest BCUT2D eigenvalue weighted by Gasteiger charge is 2.31. The summed E-state index contributed by atoms with van der Waals surface area (Å²) in [6.07, 6.45) is 4.24. The summed E-state index contributed by atoms with van der Waals surface area (Å²) in [7, 11) is 4.76. The van der Waals surface area contributed by atoms with E-state index in [1.807, 2.05) is 48.5 Å². The minimum absolute atomic E-state index is 0.141. The number of anilines is 1. The van der Waals surface area contributed by atoms with Crippen molar-refractivity contribution in [2.24, 2.45) is 21.8 Å². The lowest BCUT2D eigenvalue weighted by atomic mass is 9.85. The van der Waals surface area contributed by atoms with Gasteiger partial charge in [-0.1, -0.05) is 36.4 Å². The molecule has 0 aliphatic rings. The summed E-state index contributed by atoms with van der Waals surface area (Å²) < 4.78 is 5.27. The van der Waals surface area contributed by atoms with Crippen LogP contribution >= 0.6 is 0 Å². The number of hydrogen-bond acceptors (Lipinski definition) is 7. The van der Waals surface area contributed by atoms with Crippen molar-refractivity contribution in [3.63, 3.8) is 0 Å². The van der Waals surface area contributed by atoms with Crippen LogP contribution in [0, 0.1) is 22.7 Å². The summed E-state index contributed by atoms with van der Waals surface area (Å²) in [5.41, 5.74) is 1.29. The Morgan fingerprint density at radius 2 is 1.77 bits per heavy atom. The summed E-state index contributed by atoms with van der Waals surface area (Å²) in [6.45, 7) is 0. The number of benzene rings is 2. The van der Waals surface area contributed by atoms with E-state index in [-0.39, 0.29) is 5.71 Å². The maximum absolute atomic E-state index is 13.4. The topological polar surface area (TPSA) is 111 Å². The number of carbonyl (C=O) groups excluding carboxylic acids is 1. The van der Waals surface area contributed by atoms with Crippen LogP contribution in [0.25, 0.3) is 0 Å². The van der Waals surface area contributed by atoms with E-state index in [1.165, 1.54) is 12.4 Å². The van der Waals surface area contributed by atoms with Crippen LogP contribution in [0.3, 0.4) is 0 Å². The molecule has 0 saturated heterocycles. The van der Waals surface area contributed by atoms with Gasteiger partial charge in [0, 0.05) is 50.4 Å². The minimum atomic E-state index is -0.775. The van der Waals surface area contributed by atoms with Crippen molar-refractivity contribution in [2.75, 3.05) is 26.5 Å². The Bertz CT molecular complexity index is 924. The maximum atomic E-state index is 13.4. The molecule has 0 saturated carbocycles. The van der Waals surface area contributed by atoms with Gasteiger partial charge in [0.25, 0.3) is 0 Å². The van der Waals surface area contributed by atoms with Crippen LogP contribution in [0.2, 0.25) is 0 Å². The van der Waals surface area contributed by atoms with Crippen LogP contribution in [0.4, 0.5) is 5.69 Å². The maximum Gasteiger partial charge on any atom is 0.203 e. The van der Waals surface area contributed by atoms with Gasteiger partial charge in [-0.3, -0.25) is 4.79 Å². The first-order valence-corrected chi connectivity index (χ1v) is 9.49. The quantitative estimate of drug-likeness (QED) is 0.495. The average molecular weight is 406 g/mol. The van der Waals surface area contributed by atoms with Crippen LogP contribution in [-0.4, -0.2) is 51.3 Å². The molecule has 7 heteroatoms. The Morgan fingerprint density at radius 1 is 1.07 bits per heavy atom. The molecule has 30 heavy (non-hydrogen) atoms. The van der Waals surface area contributed by atoms with Crippen LogP contribution in [-0.2, 0) is 4.79 Å². The molecule has 3 unspecified atom stereocenters. The van der Waals surface area contributed by atoms with Crippen LogP contribution in [0.1, 0.15) is 11.6 Å². The van der Waals surface area contributed by atoms with E-state index in [9.17, 15) is 4.79 Å². The van der Waals surface area contributed by atoms with Gasteiger partial charge in [-0.25, -0.2) is 0 Å². The average Bonchev–Trinajstić information content (AvgIpc) is 2.79. The van der Waals surface area contributed by atoms with Crippen molar-refractivity contribution in [1.82, 2.24) is 0 Å². The molecule has 0 aliphatic carbocycles. The van der Waals surface area contributed by atoms with Gasteiger partial charge in [0.15, 0.2) is 0 Å². The smallest absolute Gasteiger partial charge is 0.203 e. The highest BCUT2D eigenvalue weighted by Crippen LogP contribution is 2.25. The Labute approximate surface area is 176 Å². The third kappa shape index (κ3) is 5.70. The Hall–Kier alpha value is -3.61. The summed E-state index contributed by atoms with van der Waals surface area (Å²) in [5.74, 6) is -0.941. The second-order valence-corrected chi connectivity index (χ2v) is 6.58. The van der Waals surface area contributed by atoms with Gasteiger partial charge in [-0.2, -0.15) is 0 Å². The number of nitrogens with one attached hydrogen (secondary N) is 3. The first kappa shape index (κ1) is 22.7. The van der Waals surface area contributed by atoms with Gasteiger partial charge in [0.1, 0.15) is 11.8 Å². The fraction of sp³-hybridized carbons (Fsp3) is 0.261. The normalized spacial score (nSPS) is 14.2. The molecule has 3 N–H and O–H groups in total. The molecule has 0 fully saturated rings. The molecule has 0 amide bonds. The molecule has 3 atom stereocenters. The molecular weight excluding hydrogens is 378 g/mol. The van der Waals surface area contributed by atoms with E-state index < -0.39 is 23.7 Å². The number of aliphatic imine (C=N–C) groups is 2. The van der Waals surface area contributed by atoms with Crippen molar-refractivity contribution in [3.8, 4) is 5.75 Å². The van der Waals surface area contributed by atoms with Crippen molar-refractivity contribution in [3.05, 3.63) is 60.2 Å². The first-order valence-electron chi connectivity index (χ1n) is 9.49. The highest BCUT2D eigenvalue weighted by atomic mass is 16.5. The van der Waals surface area contributed by atoms with Gasteiger partial charge < -0.3 is 30.9 Å². The molecule has 7 nitrogen and oxygen atoms in total. The van der Waals surface area contributed by atoms with E-state index in [4.69, 9.17) is 15.6 Å². The molecule has 2 rings (SSSR count). The van der Waals surface area contributed by atoms with Gasteiger partial charge in [-0.15, -0.1) is 0 Å². The molecule has 156 valence electrons. The number of nitrogens with zero attached hydrogens (tertiary/aromatic N) is 2. The second kappa shape index (κ2) is 11.4. The fourth-order valence-electron chi connectivity index (χ4n) is 3.08. The molecular formula is C23H27N5O2. The van der Waals surface area contributed by atoms with Crippen LogP contribution < -0.4 is 10.1 Å². The number of hydrogen-bond donors (Lipinski definition) is 3. The van der Waals surface area contributed by atoms with Crippen LogP contribution in [0.5, 0.6) is 5.75 Å². The lowest BCUT2D eigenvalue weighted by Crippen LogP contribution is -2.37. The fourth-order valence-corrected chi connectivity index (χ4v) is 3.08. The molecule has 0 aliphatic heterocycles. The van der Waals surface area contributed by atoms with Gasteiger partial charge >= 0.3 is 0 Å². The summed E-state index contributed by atoms with van der Waals surface area (Å²) >= 11 is 0. The zero-order valence-electron chi connectivity index (χ0n) is 17.4. The zero-order valence-corrected chi connectivity index (χ0v) is 17.4. The first-order chi connectivity index (χ1) is 14.5. The monoisotopic (exact) mass is 405 g/mol. The largest absolute Gasteiger partial charge is 0.497 e. The van der Waals surface area contributed by atoms with Gasteiger partial charge in [-0.05, 0) is 17.7 Å². The van der Waals surface area contributed by atoms with Crippen LogP contribution in [0.15, 0.2) is 64.6 Å². The molecule has 0 bridgehead atoms. The van der Waals surface area contributed by atoms with Crippen molar-refractivity contribution < 1.29 is 9.53 Å². The Kier molecular flexibility index (Phi) is 8.62. The van der Waals surface area contributed by atoms with Gasteiger partial charge in [0.2, 0.25) is 5.78 Å². The van der Waals surface area contributed by atoms with E-state index in [0.29, 0.717) is 11.4 Å². The SMILES string of the molecule is CN=CC(C=N)C(C=NC)C(=N)C(=O)C(Nc1cccc(OC)c1)c1ccccc1. The molecule has 0 aromatic heterocycles. The Morgan fingerprint density at radius 3 is 2.37 bits per heavy atom. The number of rotatable bonds is 11. The van der Waals surface area contributed by atoms with E-state index in [1.54, 1.807) is 33.5 Å². The lowest BCUT2D eigenvalue weighted by Gasteiger charge is -2.24. The zero-order chi connectivity index (χ0) is 21.9. The molecule has 0 spiro atoms. The number of ether oxygens (including phenoxy) is 1. The van der Waals surface area contributed by atoms with E-state index in [0.717, 1.165) is 5.56 Å². The summed E-state index contributed by atoms with van der Waals surface area (Å²) in [6, 6.07) is 15.8. The number of carbonyl (C=O) groups is 1. The molecule has 2 aromatic rings. The predicted octanol–water partition coefficient (Wildman–Crippen LogP) is 3.72. The lowest BCUT2D eigenvalue weighted by molar-refractivity contribution is -0.114. The third-order valence-electron chi connectivity index (χ3n) is 4.61. The minimum Gasteiger partial charge on any atom is -0.497 e. The second-order valence-electron chi connectivity index (χ2n) is 6.58. The number of ketones is 1. The predicted molar refractivity (Wildman–Crippen MR) is 123 cm³/mol. The van der Waals surface area contributed by atoms with Crippen molar-refractivity contribution in [1.29, 1.82) is 10.8 Å². The summed E-state index contributed by atoms with van der Waals surface area (Å²) in [5, 5.41) is 19.5. The van der Waals surface area contributed by atoms with E-state index in [2.05, 4.69) is 15.3 Å². The van der Waals surface area contributed by atoms with E-state index >= 15 is 0 Å². The van der Waals surface area contributed by atoms with Crippen molar-refractivity contribution in [2.45, 2.75) is 6.04 Å². The number of methoxy groups -OCH3 is 1. The Balaban J connectivity index is 2.42. The molecule has 0 heterocycles.